The second kappa shape index (κ2) is 8.69. The largest absolute Gasteiger partial charge is 0.496 e. The summed E-state index contributed by atoms with van der Waals surface area (Å²) in [4.78, 5) is 12.5. The molecule has 4 rings (SSSR count). The number of aryl methyl sites for hydroxylation is 3. The monoisotopic (exact) mass is 404 g/mol. The standard InChI is InChI=1S/C24H28N4O2/c1-4-22-26-27-23-12-8-19(15-28(22)23)18-6-9-20(10-7-18)25-24(29)14-17-5-11-21(30-3)16(2)13-17/h5-7,9-11,13,19H,4,8,12,14-15H2,1-3H3,(H,25,29). The van der Waals surface area contributed by atoms with Crippen LogP contribution >= 0.6 is 0 Å². The minimum absolute atomic E-state index is 0.0216. The minimum atomic E-state index is -0.0216. The molecule has 0 saturated heterocycles. The molecule has 3 aromatic rings. The lowest BCUT2D eigenvalue weighted by molar-refractivity contribution is -0.115. The van der Waals surface area contributed by atoms with E-state index >= 15 is 0 Å². The molecule has 6 nitrogen and oxygen atoms in total. The van der Waals surface area contributed by atoms with Crippen LogP contribution in [0.3, 0.4) is 0 Å². The average molecular weight is 405 g/mol. The topological polar surface area (TPSA) is 69.0 Å². The predicted octanol–water partition coefficient (Wildman–Crippen LogP) is 4.07. The lowest BCUT2D eigenvalue weighted by Crippen LogP contribution is -2.20. The van der Waals surface area contributed by atoms with Crippen LogP contribution in [0.15, 0.2) is 42.5 Å². The number of benzene rings is 2. The molecule has 1 aliphatic heterocycles. The van der Waals surface area contributed by atoms with Gasteiger partial charge in [0.15, 0.2) is 0 Å². The van der Waals surface area contributed by atoms with Gasteiger partial charge in [-0.15, -0.1) is 10.2 Å². The molecule has 30 heavy (non-hydrogen) atoms. The third kappa shape index (κ3) is 4.22. The van der Waals surface area contributed by atoms with Gasteiger partial charge in [0, 0.05) is 31.0 Å². The van der Waals surface area contributed by atoms with E-state index in [1.165, 1.54) is 5.56 Å². The molecule has 2 aromatic carbocycles. The lowest BCUT2D eigenvalue weighted by Gasteiger charge is -2.24. The van der Waals surface area contributed by atoms with Gasteiger partial charge in [0.25, 0.3) is 0 Å². The molecule has 1 amide bonds. The number of carbonyl (C=O) groups excluding carboxylic acids is 1. The zero-order chi connectivity index (χ0) is 21.1. The van der Waals surface area contributed by atoms with E-state index in [1.807, 2.05) is 37.3 Å². The van der Waals surface area contributed by atoms with Gasteiger partial charge < -0.3 is 14.6 Å². The molecule has 6 heteroatoms. The Balaban J connectivity index is 1.38. The maximum absolute atomic E-state index is 12.5. The van der Waals surface area contributed by atoms with Crippen molar-refractivity contribution in [3.05, 3.63) is 70.8 Å². The highest BCUT2D eigenvalue weighted by Gasteiger charge is 2.23. The normalized spacial score (nSPS) is 15.5. The van der Waals surface area contributed by atoms with Gasteiger partial charge in [0.05, 0.1) is 13.5 Å². The van der Waals surface area contributed by atoms with Crippen LogP contribution in [0.25, 0.3) is 0 Å². The molecule has 156 valence electrons. The first kappa shape index (κ1) is 20.1. The van der Waals surface area contributed by atoms with Crippen LogP contribution in [0.2, 0.25) is 0 Å². The summed E-state index contributed by atoms with van der Waals surface area (Å²) in [6.45, 7) is 5.02. The van der Waals surface area contributed by atoms with Crippen LogP contribution in [0.4, 0.5) is 5.69 Å². The van der Waals surface area contributed by atoms with Crippen LogP contribution in [0, 0.1) is 6.92 Å². The number of hydrogen-bond acceptors (Lipinski definition) is 4. The Kier molecular flexibility index (Phi) is 5.84. The molecule has 0 bridgehead atoms. The summed E-state index contributed by atoms with van der Waals surface area (Å²) >= 11 is 0. The zero-order valence-electron chi connectivity index (χ0n) is 17.8. The smallest absolute Gasteiger partial charge is 0.228 e. The van der Waals surface area contributed by atoms with E-state index in [1.54, 1.807) is 7.11 Å². The third-order valence-electron chi connectivity index (χ3n) is 5.83. The van der Waals surface area contributed by atoms with Crippen LogP contribution < -0.4 is 10.1 Å². The zero-order valence-corrected chi connectivity index (χ0v) is 17.8. The summed E-state index contributed by atoms with van der Waals surface area (Å²) < 4.78 is 7.55. The number of carbonyl (C=O) groups is 1. The highest BCUT2D eigenvalue weighted by Crippen LogP contribution is 2.30. The molecule has 0 fully saturated rings. The first-order valence-corrected chi connectivity index (χ1v) is 10.5. The number of ether oxygens (including phenoxy) is 1. The number of anilines is 1. The predicted molar refractivity (Wildman–Crippen MR) is 117 cm³/mol. The maximum atomic E-state index is 12.5. The van der Waals surface area contributed by atoms with Crippen molar-refractivity contribution in [1.82, 2.24) is 14.8 Å². The van der Waals surface area contributed by atoms with E-state index in [4.69, 9.17) is 4.74 Å². The van der Waals surface area contributed by atoms with Crippen molar-refractivity contribution in [3.63, 3.8) is 0 Å². The summed E-state index contributed by atoms with van der Waals surface area (Å²) in [5.41, 5.74) is 4.12. The molecule has 0 saturated carbocycles. The number of hydrogen-bond donors (Lipinski definition) is 1. The molecule has 2 heterocycles. The molecule has 1 aliphatic rings. The van der Waals surface area contributed by atoms with Crippen molar-refractivity contribution in [3.8, 4) is 5.75 Å². The lowest BCUT2D eigenvalue weighted by atomic mass is 9.91. The number of fused-ring (bicyclic) bond motifs is 1. The molecule has 0 spiro atoms. The Morgan fingerprint density at radius 3 is 2.70 bits per heavy atom. The number of nitrogens with zero attached hydrogens (tertiary/aromatic N) is 3. The van der Waals surface area contributed by atoms with Crippen LogP contribution in [0.5, 0.6) is 5.75 Å². The Morgan fingerprint density at radius 2 is 2.00 bits per heavy atom. The Bertz CT molecular complexity index is 1030. The quantitative estimate of drug-likeness (QED) is 0.672. The van der Waals surface area contributed by atoms with Gasteiger partial charge in [-0.1, -0.05) is 31.2 Å². The minimum Gasteiger partial charge on any atom is -0.496 e. The van der Waals surface area contributed by atoms with Crippen molar-refractivity contribution in [2.75, 3.05) is 12.4 Å². The molecule has 1 atom stereocenters. The van der Waals surface area contributed by atoms with E-state index in [2.05, 4.69) is 39.1 Å². The molecule has 0 aliphatic carbocycles. The Labute approximate surface area is 177 Å². The third-order valence-corrected chi connectivity index (χ3v) is 5.83. The fraction of sp³-hybridized carbons (Fsp3) is 0.375. The summed E-state index contributed by atoms with van der Waals surface area (Å²) in [6.07, 6.45) is 3.27. The van der Waals surface area contributed by atoms with Crippen LogP contribution in [0.1, 0.15) is 47.6 Å². The van der Waals surface area contributed by atoms with Gasteiger partial charge in [-0.2, -0.15) is 0 Å². The number of methoxy groups -OCH3 is 1. The van der Waals surface area contributed by atoms with Gasteiger partial charge in [0.2, 0.25) is 5.91 Å². The summed E-state index contributed by atoms with van der Waals surface area (Å²) in [7, 11) is 1.65. The molecular weight excluding hydrogens is 376 g/mol. The first-order valence-electron chi connectivity index (χ1n) is 10.5. The molecule has 1 unspecified atom stereocenters. The highest BCUT2D eigenvalue weighted by atomic mass is 16.5. The number of amides is 1. The van der Waals surface area contributed by atoms with Gasteiger partial charge in [-0.05, 0) is 48.2 Å². The average Bonchev–Trinajstić information content (AvgIpc) is 3.16. The fourth-order valence-corrected chi connectivity index (χ4v) is 4.20. The SMILES string of the molecule is CCc1nnc2n1CC(c1ccc(NC(=O)Cc3ccc(OC)c(C)c3)cc1)CC2. The van der Waals surface area contributed by atoms with Crippen molar-refractivity contribution in [2.24, 2.45) is 0 Å². The van der Waals surface area contributed by atoms with Crippen LogP contribution in [-0.2, 0) is 30.6 Å². The van der Waals surface area contributed by atoms with Crippen molar-refractivity contribution < 1.29 is 9.53 Å². The molecular formula is C24H28N4O2. The fourth-order valence-electron chi connectivity index (χ4n) is 4.20. The van der Waals surface area contributed by atoms with Gasteiger partial charge in [0.1, 0.15) is 17.4 Å². The Morgan fingerprint density at radius 1 is 1.20 bits per heavy atom. The van der Waals surface area contributed by atoms with E-state index in [9.17, 15) is 4.79 Å². The van der Waals surface area contributed by atoms with E-state index < -0.39 is 0 Å². The summed E-state index contributed by atoms with van der Waals surface area (Å²) in [5, 5.41) is 11.6. The van der Waals surface area contributed by atoms with Gasteiger partial charge in [-0.25, -0.2) is 0 Å². The molecule has 0 radical (unpaired) electrons. The van der Waals surface area contributed by atoms with Gasteiger partial charge in [-0.3, -0.25) is 4.79 Å². The first-order chi connectivity index (χ1) is 14.6. The second-order valence-corrected chi connectivity index (χ2v) is 7.88. The van der Waals surface area contributed by atoms with E-state index in [0.717, 1.165) is 60.0 Å². The Hall–Kier alpha value is -3.15. The summed E-state index contributed by atoms with van der Waals surface area (Å²) in [6, 6.07) is 14.1. The summed E-state index contributed by atoms with van der Waals surface area (Å²) in [5.74, 6) is 3.42. The van der Waals surface area contributed by atoms with E-state index in [-0.39, 0.29) is 5.91 Å². The number of aromatic nitrogens is 3. The molecule has 1 N–H and O–H groups in total. The molecule has 1 aromatic heterocycles. The van der Waals surface area contributed by atoms with Gasteiger partial charge >= 0.3 is 0 Å². The highest BCUT2D eigenvalue weighted by molar-refractivity contribution is 5.92. The van der Waals surface area contributed by atoms with Crippen molar-refractivity contribution >= 4 is 11.6 Å². The van der Waals surface area contributed by atoms with Crippen LogP contribution in [-0.4, -0.2) is 27.8 Å². The maximum Gasteiger partial charge on any atom is 0.228 e. The van der Waals surface area contributed by atoms with Crippen molar-refractivity contribution in [2.45, 2.75) is 52.0 Å². The second-order valence-electron chi connectivity index (χ2n) is 7.88. The number of rotatable bonds is 6. The number of nitrogens with one attached hydrogen (secondary N) is 1. The van der Waals surface area contributed by atoms with Crippen molar-refractivity contribution in [1.29, 1.82) is 0 Å². The van der Waals surface area contributed by atoms with E-state index in [0.29, 0.717) is 12.3 Å².